The van der Waals surface area contributed by atoms with Crippen LogP contribution in [0.4, 0.5) is 5.82 Å². The van der Waals surface area contributed by atoms with Crippen molar-refractivity contribution in [1.82, 2.24) is 14.6 Å². The largest absolute Gasteiger partial charge is 0.492 e. The molecule has 0 saturated heterocycles. The molecule has 5 heteroatoms. The quantitative estimate of drug-likeness (QED) is 0.722. The van der Waals surface area contributed by atoms with E-state index in [1.54, 1.807) is 6.20 Å². The third kappa shape index (κ3) is 2.71. The molecule has 1 aromatic carbocycles. The van der Waals surface area contributed by atoms with Crippen LogP contribution in [0.1, 0.15) is 5.69 Å². The topological polar surface area (TPSA) is 51.5 Å². The van der Waals surface area contributed by atoms with Crippen LogP contribution < -0.4 is 10.1 Å². The second kappa shape index (κ2) is 5.61. The Bertz CT molecular complexity index is 693. The summed E-state index contributed by atoms with van der Waals surface area (Å²) >= 11 is 0. The maximum atomic E-state index is 5.63. The zero-order chi connectivity index (χ0) is 13.8. The Morgan fingerprint density at radius 1 is 1.25 bits per heavy atom. The number of aromatic nitrogens is 3. The minimum atomic E-state index is 0.583. The Morgan fingerprint density at radius 2 is 2.10 bits per heavy atom. The fourth-order valence-electron chi connectivity index (χ4n) is 2.04. The molecule has 2 aromatic heterocycles. The number of hydrogen-bond acceptors (Lipinski definition) is 4. The number of nitrogens with zero attached hydrogens (tertiary/aromatic N) is 3. The number of aryl methyl sites for hydroxylation is 1. The second-order valence-electron chi connectivity index (χ2n) is 4.48. The minimum Gasteiger partial charge on any atom is -0.492 e. The van der Waals surface area contributed by atoms with Crippen molar-refractivity contribution in [2.45, 2.75) is 6.92 Å². The third-order valence-electron chi connectivity index (χ3n) is 2.92. The summed E-state index contributed by atoms with van der Waals surface area (Å²) in [5.74, 6) is 1.70. The SMILES string of the molecule is Cc1cc2c(NCCOc3ccccc3)nccn2n1. The van der Waals surface area contributed by atoms with Gasteiger partial charge in [0, 0.05) is 12.4 Å². The molecular formula is C15H16N4O. The first kappa shape index (κ1) is 12.5. The van der Waals surface area contributed by atoms with E-state index in [9.17, 15) is 0 Å². The lowest BCUT2D eigenvalue weighted by atomic mass is 10.3. The van der Waals surface area contributed by atoms with Crippen LogP contribution in [-0.4, -0.2) is 27.7 Å². The van der Waals surface area contributed by atoms with Gasteiger partial charge in [0.2, 0.25) is 0 Å². The van der Waals surface area contributed by atoms with E-state index in [-0.39, 0.29) is 0 Å². The number of hydrogen-bond donors (Lipinski definition) is 1. The number of nitrogens with one attached hydrogen (secondary N) is 1. The maximum absolute atomic E-state index is 5.63. The van der Waals surface area contributed by atoms with E-state index in [4.69, 9.17) is 4.74 Å². The molecule has 0 aliphatic rings. The zero-order valence-electron chi connectivity index (χ0n) is 11.3. The standard InChI is InChI=1S/C15H16N4O/c1-12-11-14-15(16-7-9-19(14)18-12)17-8-10-20-13-5-3-2-4-6-13/h2-7,9,11H,8,10H2,1H3,(H,16,17). The van der Waals surface area contributed by atoms with Crippen molar-refractivity contribution in [2.24, 2.45) is 0 Å². The Hall–Kier alpha value is -2.56. The number of anilines is 1. The highest BCUT2D eigenvalue weighted by Gasteiger charge is 2.04. The molecule has 3 rings (SSSR count). The van der Waals surface area contributed by atoms with E-state index in [0.717, 1.165) is 22.8 Å². The van der Waals surface area contributed by atoms with Crippen LogP contribution in [0.3, 0.4) is 0 Å². The lowest BCUT2D eigenvalue weighted by Gasteiger charge is -2.08. The van der Waals surface area contributed by atoms with Gasteiger partial charge in [-0.15, -0.1) is 0 Å². The van der Waals surface area contributed by atoms with Crippen molar-refractivity contribution in [3.63, 3.8) is 0 Å². The highest BCUT2D eigenvalue weighted by Crippen LogP contribution is 2.14. The summed E-state index contributed by atoms with van der Waals surface area (Å²) in [7, 11) is 0. The van der Waals surface area contributed by atoms with E-state index in [1.807, 2.05) is 54.0 Å². The maximum Gasteiger partial charge on any atom is 0.152 e. The molecule has 0 fully saturated rings. The van der Waals surface area contributed by atoms with Crippen molar-refractivity contribution in [3.05, 3.63) is 54.5 Å². The van der Waals surface area contributed by atoms with E-state index < -0.39 is 0 Å². The van der Waals surface area contributed by atoms with Gasteiger partial charge in [-0.25, -0.2) is 9.50 Å². The summed E-state index contributed by atoms with van der Waals surface area (Å²) in [6, 6.07) is 11.8. The number of fused-ring (bicyclic) bond motifs is 1. The average molecular weight is 268 g/mol. The number of para-hydroxylation sites is 1. The van der Waals surface area contributed by atoms with Gasteiger partial charge in [-0.1, -0.05) is 18.2 Å². The molecule has 0 unspecified atom stereocenters. The molecule has 5 nitrogen and oxygen atoms in total. The normalized spacial score (nSPS) is 10.7. The van der Waals surface area contributed by atoms with E-state index in [0.29, 0.717) is 13.2 Å². The van der Waals surface area contributed by atoms with Crippen LogP contribution in [-0.2, 0) is 0 Å². The molecule has 0 saturated carbocycles. The molecule has 2 heterocycles. The molecule has 0 spiro atoms. The van der Waals surface area contributed by atoms with Crippen LogP contribution in [0, 0.1) is 6.92 Å². The van der Waals surface area contributed by atoms with Gasteiger partial charge in [0.05, 0.1) is 12.2 Å². The van der Waals surface area contributed by atoms with Gasteiger partial charge < -0.3 is 10.1 Å². The Balaban J connectivity index is 1.60. The molecular weight excluding hydrogens is 252 g/mol. The molecule has 0 aliphatic carbocycles. The second-order valence-corrected chi connectivity index (χ2v) is 4.48. The number of benzene rings is 1. The summed E-state index contributed by atoms with van der Waals surface area (Å²) in [5.41, 5.74) is 1.95. The Kier molecular flexibility index (Phi) is 3.50. The lowest BCUT2D eigenvalue weighted by Crippen LogP contribution is -2.13. The lowest BCUT2D eigenvalue weighted by molar-refractivity contribution is 0.333. The van der Waals surface area contributed by atoms with Crippen LogP contribution in [0.15, 0.2) is 48.8 Å². The summed E-state index contributed by atoms with van der Waals surface area (Å²) in [4.78, 5) is 4.34. The Morgan fingerprint density at radius 3 is 2.95 bits per heavy atom. The van der Waals surface area contributed by atoms with Gasteiger partial charge in [0.1, 0.15) is 17.9 Å². The van der Waals surface area contributed by atoms with Crippen molar-refractivity contribution in [3.8, 4) is 5.75 Å². The summed E-state index contributed by atoms with van der Waals surface area (Å²) < 4.78 is 7.45. The first-order valence-electron chi connectivity index (χ1n) is 6.55. The summed E-state index contributed by atoms with van der Waals surface area (Å²) in [5, 5.41) is 7.63. The molecule has 1 N–H and O–H groups in total. The molecule has 0 radical (unpaired) electrons. The average Bonchev–Trinajstić information content (AvgIpc) is 2.86. The van der Waals surface area contributed by atoms with E-state index in [1.165, 1.54) is 0 Å². The fourth-order valence-corrected chi connectivity index (χ4v) is 2.04. The van der Waals surface area contributed by atoms with Crippen LogP contribution in [0.5, 0.6) is 5.75 Å². The molecule has 0 amide bonds. The van der Waals surface area contributed by atoms with E-state index >= 15 is 0 Å². The van der Waals surface area contributed by atoms with Crippen LogP contribution >= 0.6 is 0 Å². The summed E-state index contributed by atoms with van der Waals surface area (Å²) in [6.45, 7) is 3.24. The highest BCUT2D eigenvalue weighted by atomic mass is 16.5. The monoisotopic (exact) mass is 268 g/mol. The van der Waals surface area contributed by atoms with Gasteiger partial charge in [-0.3, -0.25) is 0 Å². The highest BCUT2D eigenvalue weighted by molar-refractivity contribution is 5.67. The van der Waals surface area contributed by atoms with Gasteiger partial charge >= 0.3 is 0 Å². The minimum absolute atomic E-state index is 0.583. The molecule has 3 aromatic rings. The van der Waals surface area contributed by atoms with Gasteiger partial charge in [-0.05, 0) is 25.1 Å². The number of rotatable bonds is 5. The predicted octanol–water partition coefficient (Wildman–Crippen LogP) is 2.53. The molecule has 102 valence electrons. The van der Waals surface area contributed by atoms with Gasteiger partial charge in [0.25, 0.3) is 0 Å². The molecule has 0 atom stereocenters. The predicted molar refractivity (Wildman–Crippen MR) is 78.2 cm³/mol. The molecule has 0 bridgehead atoms. The van der Waals surface area contributed by atoms with Crippen molar-refractivity contribution >= 4 is 11.3 Å². The van der Waals surface area contributed by atoms with Crippen molar-refractivity contribution in [1.29, 1.82) is 0 Å². The molecule has 0 aliphatic heterocycles. The smallest absolute Gasteiger partial charge is 0.152 e. The van der Waals surface area contributed by atoms with Gasteiger partial charge in [0.15, 0.2) is 5.82 Å². The fraction of sp³-hybridized carbons (Fsp3) is 0.200. The van der Waals surface area contributed by atoms with Crippen molar-refractivity contribution < 1.29 is 4.74 Å². The Labute approximate surface area is 117 Å². The third-order valence-corrected chi connectivity index (χ3v) is 2.92. The first-order valence-corrected chi connectivity index (χ1v) is 6.55. The summed E-state index contributed by atoms with van der Waals surface area (Å²) in [6.07, 6.45) is 3.58. The molecule has 20 heavy (non-hydrogen) atoms. The van der Waals surface area contributed by atoms with Crippen LogP contribution in [0.2, 0.25) is 0 Å². The van der Waals surface area contributed by atoms with E-state index in [2.05, 4.69) is 15.4 Å². The van der Waals surface area contributed by atoms with Crippen molar-refractivity contribution in [2.75, 3.05) is 18.5 Å². The van der Waals surface area contributed by atoms with Crippen LogP contribution in [0.25, 0.3) is 5.52 Å². The zero-order valence-corrected chi connectivity index (χ0v) is 11.3. The first-order chi connectivity index (χ1) is 9.83. The van der Waals surface area contributed by atoms with Gasteiger partial charge in [-0.2, -0.15) is 5.10 Å². The number of ether oxygens (including phenoxy) is 1.